The van der Waals surface area contributed by atoms with Crippen molar-refractivity contribution in [1.82, 2.24) is 4.90 Å². The number of β-amino-alcohol motifs (C(OH)–C–C–N with tert-alkyl or cyclic N) is 1. The van der Waals surface area contributed by atoms with Crippen LogP contribution in [0.3, 0.4) is 0 Å². The molecule has 1 aliphatic rings. The number of aryl methyl sites for hydroxylation is 2. The van der Waals surface area contributed by atoms with E-state index >= 15 is 0 Å². The van der Waals surface area contributed by atoms with Crippen molar-refractivity contribution in [2.45, 2.75) is 19.9 Å². The van der Waals surface area contributed by atoms with Crippen LogP contribution in [0.25, 0.3) is 11.0 Å². The SMILES string of the molecule is Cc1cc(C)c2c(=O)c3c(oc2c1)C(=O)N(CCO)C3c1ccc(F)cc1. The highest BCUT2D eigenvalue weighted by molar-refractivity contribution is 5.99. The number of benzene rings is 2. The third-order valence-electron chi connectivity index (χ3n) is 4.94. The van der Waals surface area contributed by atoms with Crippen LogP contribution in [0.5, 0.6) is 0 Å². The van der Waals surface area contributed by atoms with E-state index in [2.05, 4.69) is 0 Å². The third-order valence-corrected chi connectivity index (χ3v) is 4.94. The van der Waals surface area contributed by atoms with Crippen LogP contribution in [0.2, 0.25) is 0 Å². The van der Waals surface area contributed by atoms with Gasteiger partial charge in [-0.05, 0) is 48.7 Å². The predicted molar refractivity (Wildman–Crippen MR) is 98.3 cm³/mol. The second-order valence-electron chi connectivity index (χ2n) is 6.81. The van der Waals surface area contributed by atoms with Gasteiger partial charge in [0.1, 0.15) is 11.4 Å². The first-order chi connectivity index (χ1) is 12.9. The number of amides is 1. The van der Waals surface area contributed by atoms with E-state index in [1.807, 2.05) is 19.9 Å². The van der Waals surface area contributed by atoms with E-state index in [0.29, 0.717) is 16.5 Å². The Labute approximate surface area is 154 Å². The van der Waals surface area contributed by atoms with Crippen LogP contribution < -0.4 is 5.43 Å². The molecule has 0 aliphatic carbocycles. The van der Waals surface area contributed by atoms with Crippen molar-refractivity contribution < 1.29 is 18.7 Å². The fraction of sp³-hybridized carbons (Fsp3) is 0.238. The molecule has 3 aromatic rings. The van der Waals surface area contributed by atoms with Crippen molar-refractivity contribution in [2.24, 2.45) is 0 Å². The predicted octanol–water partition coefficient (Wildman–Crippen LogP) is 3.09. The van der Waals surface area contributed by atoms with Crippen molar-refractivity contribution in [3.05, 3.63) is 80.5 Å². The summed E-state index contributed by atoms with van der Waals surface area (Å²) >= 11 is 0. The molecule has 138 valence electrons. The number of aliphatic hydroxyl groups excluding tert-OH is 1. The highest BCUT2D eigenvalue weighted by atomic mass is 19.1. The molecule has 6 heteroatoms. The minimum Gasteiger partial charge on any atom is -0.450 e. The van der Waals surface area contributed by atoms with E-state index in [1.165, 1.54) is 17.0 Å². The van der Waals surface area contributed by atoms with Gasteiger partial charge in [-0.2, -0.15) is 0 Å². The number of nitrogens with zero attached hydrogens (tertiary/aromatic N) is 1. The molecule has 0 fully saturated rings. The van der Waals surface area contributed by atoms with Gasteiger partial charge in [0.25, 0.3) is 5.91 Å². The van der Waals surface area contributed by atoms with Gasteiger partial charge in [0, 0.05) is 6.54 Å². The molecule has 5 nitrogen and oxygen atoms in total. The summed E-state index contributed by atoms with van der Waals surface area (Å²) in [6.07, 6.45) is 0. The largest absolute Gasteiger partial charge is 0.450 e. The van der Waals surface area contributed by atoms with E-state index in [9.17, 15) is 19.1 Å². The summed E-state index contributed by atoms with van der Waals surface area (Å²) in [4.78, 5) is 27.6. The summed E-state index contributed by atoms with van der Waals surface area (Å²) < 4.78 is 19.2. The molecule has 1 aromatic heterocycles. The second kappa shape index (κ2) is 6.32. The molecule has 0 spiro atoms. The van der Waals surface area contributed by atoms with Gasteiger partial charge < -0.3 is 14.4 Å². The lowest BCUT2D eigenvalue weighted by Crippen LogP contribution is -2.32. The van der Waals surface area contributed by atoms with Crippen molar-refractivity contribution in [2.75, 3.05) is 13.2 Å². The molecule has 27 heavy (non-hydrogen) atoms. The highest BCUT2D eigenvalue weighted by Crippen LogP contribution is 2.38. The van der Waals surface area contributed by atoms with Crippen LogP contribution in [0.15, 0.2) is 45.6 Å². The molecular formula is C21H18FNO4. The second-order valence-corrected chi connectivity index (χ2v) is 6.81. The lowest BCUT2D eigenvalue weighted by atomic mass is 9.97. The van der Waals surface area contributed by atoms with Crippen molar-refractivity contribution in [3.63, 3.8) is 0 Å². The van der Waals surface area contributed by atoms with Gasteiger partial charge in [0.15, 0.2) is 5.43 Å². The fourth-order valence-electron chi connectivity index (χ4n) is 3.84. The molecule has 1 atom stereocenters. The Balaban J connectivity index is 2.04. The third kappa shape index (κ3) is 2.64. The van der Waals surface area contributed by atoms with Gasteiger partial charge in [-0.3, -0.25) is 9.59 Å². The Kier molecular flexibility index (Phi) is 4.08. The van der Waals surface area contributed by atoms with Crippen LogP contribution >= 0.6 is 0 Å². The minimum atomic E-state index is -0.721. The summed E-state index contributed by atoms with van der Waals surface area (Å²) in [6.45, 7) is 3.50. The standard InChI is InChI=1S/C21H18FNO4/c1-11-9-12(2)16-15(10-11)27-20-17(19(16)25)18(23(7-8-24)21(20)26)13-3-5-14(22)6-4-13/h3-6,9-10,18,24H,7-8H2,1-2H3. The van der Waals surface area contributed by atoms with Crippen LogP contribution in [-0.4, -0.2) is 29.1 Å². The Morgan fingerprint density at radius 1 is 1.15 bits per heavy atom. The van der Waals surface area contributed by atoms with Gasteiger partial charge in [-0.25, -0.2) is 4.39 Å². The molecule has 0 saturated carbocycles. The fourth-order valence-corrected chi connectivity index (χ4v) is 3.84. The van der Waals surface area contributed by atoms with E-state index < -0.39 is 17.8 Å². The first kappa shape index (κ1) is 17.4. The summed E-state index contributed by atoms with van der Waals surface area (Å²) in [5.41, 5.74) is 2.62. The van der Waals surface area contributed by atoms with Crippen LogP contribution in [0, 0.1) is 19.7 Å². The van der Waals surface area contributed by atoms with Crippen molar-refractivity contribution in [3.8, 4) is 0 Å². The number of carbonyl (C=O) groups is 1. The highest BCUT2D eigenvalue weighted by Gasteiger charge is 2.42. The maximum Gasteiger partial charge on any atom is 0.290 e. The quantitative estimate of drug-likeness (QED) is 0.772. The summed E-state index contributed by atoms with van der Waals surface area (Å²) in [5, 5.41) is 9.84. The van der Waals surface area contributed by atoms with Gasteiger partial charge in [0.05, 0.1) is 23.6 Å². The summed E-state index contributed by atoms with van der Waals surface area (Å²) in [5.74, 6) is -0.874. The number of carbonyl (C=O) groups excluding carboxylic acids is 1. The van der Waals surface area contributed by atoms with Crippen LogP contribution in [-0.2, 0) is 0 Å². The topological polar surface area (TPSA) is 70.8 Å². The van der Waals surface area contributed by atoms with Crippen LogP contribution in [0.4, 0.5) is 4.39 Å². The lowest BCUT2D eigenvalue weighted by Gasteiger charge is -2.24. The van der Waals surface area contributed by atoms with Crippen LogP contribution in [0.1, 0.15) is 38.9 Å². The maximum atomic E-state index is 13.4. The summed E-state index contributed by atoms with van der Waals surface area (Å²) in [6, 6.07) is 8.55. The molecule has 1 aliphatic heterocycles. The summed E-state index contributed by atoms with van der Waals surface area (Å²) in [7, 11) is 0. The van der Waals surface area contributed by atoms with Gasteiger partial charge in [0.2, 0.25) is 5.76 Å². The molecule has 1 N–H and O–H groups in total. The van der Waals surface area contributed by atoms with E-state index in [0.717, 1.165) is 11.1 Å². The average Bonchev–Trinajstić information content (AvgIpc) is 2.88. The molecule has 0 bridgehead atoms. The molecule has 0 saturated heterocycles. The smallest absolute Gasteiger partial charge is 0.290 e. The molecular weight excluding hydrogens is 349 g/mol. The van der Waals surface area contributed by atoms with Gasteiger partial charge >= 0.3 is 0 Å². The number of hydrogen-bond donors (Lipinski definition) is 1. The zero-order chi connectivity index (χ0) is 19.3. The Morgan fingerprint density at radius 3 is 2.52 bits per heavy atom. The molecule has 2 heterocycles. The van der Waals surface area contributed by atoms with Crippen molar-refractivity contribution >= 4 is 16.9 Å². The zero-order valence-corrected chi connectivity index (χ0v) is 15.0. The average molecular weight is 367 g/mol. The molecule has 1 amide bonds. The lowest BCUT2D eigenvalue weighted by molar-refractivity contribution is 0.0691. The number of rotatable bonds is 3. The molecule has 0 radical (unpaired) electrons. The minimum absolute atomic E-state index is 0.0136. The van der Waals surface area contributed by atoms with E-state index in [1.54, 1.807) is 18.2 Å². The first-order valence-corrected chi connectivity index (χ1v) is 8.67. The molecule has 4 rings (SSSR count). The normalized spacial score (nSPS) is 16.2. The Hall–Kier alpha value is -2.99. The molecule has 1 unspecified atom stereocenters. The molecule has 2 aromatic carbocycles. The number of halogens is 1. The first-order valence-electron chi connectivity index (χ1n) is 8.67. The number of aliphatic hydroxyl groups is 1. The number of fused-ring (bicyclic) bond motifs is 2. The maximum absolute atomic E-state index is 13.4. The zero-order valence-electron chi connectivity index (χ0n) is 15.0. The van der Waals surface area contributed by atoms with Crippen molar-refractivity contribution in [1.29, 1.82) is 0 Å². The number of hydrogen-bond acceptors (Lipinski definition) is 4. The van der Waals surface area contributed by atoms with E-state index in [4.69, 9.17) is 4.42 Å². The Bertz CT molecular complexity index is 1120. The Morgan fingerprint density at radius 2 is 1.85 bits per heavy atom. The van der Waals surface area contributed by atoms with Gasteiger partial charge in [-0.1, -0.05) is 18.2 Å². The van der Waals surface area contributed by atoms with E-state index in [-0.39, 0.29) is 29.9 Å². The monoisotopic (exact) mass is 367 g/mol. The van der Waals surface area contributed by atoms with Gasteiger partial charge in [-0.15, -0.1) is 0 Å².